The van der Waals surface area contributed by atoms with Gasteiger partial charge in [0.05, 0.1) is 12.5 Å². The van der Waals surface area contributed by atoms with Crippen molar-refractivity contribution in [2.45, 2.75) is 63.6 Å². The summed E-state index contributed by atoms with van der Waals surface area (Å²) in [5.41, 5.74) is 0.849. The number of carbonyl (C=O) groups is 3. The normalized spacial score (nSPS) is 26.0. The molecule has 2 fully saturated rings. The Balaban J connectivity index is 1.80. The molecule has 2 aliphatic rings. The number of rotatable bonds is 5. The van der Waals surface area contributed by atoms with Crippen LogP contribution in [0.2, 0.25) is 0 Å². The van der Waals surface area contributed by atoms with E-state index in [0.29, 0.717) is 6.42 Å². The van der Waals surface area contributed by atoms with Crippen LogP contribution in [0.3, 0.4) is 0 Å². The first-order valence-corrected chi connectivity index (χ1v) is 9.33. The first kappa shape index (κ1) is 18.4. The lowest BCUT2D eigenvalue weighted by Crippen LogP contribution is -2.47. The molecule has 0 unspecified atom stereocenters. The lowest BCUT2D eigenvalue weighted by molar-refractivity contribution is -0.150. The van der Waals surface area contributed by atoms with Gasteiger partial charge in [-0.05, 0) is 30.7 Å². The number of nitrogens with one attached hydrogen (secondary N) is 1. The maximum Gasteiger partial charge on any atom is 0.326 e. The number of aliphatic carboxylic acids is 1. The van der Waals surface area contributed by atoms with Gasteiger partial charge in [-0.2, -0.15) is 0 Å². The van der Waals surface area contributed by atoms with Gasteiger partial charge in [-0.25, -0.2) is 4.79 Å². The number of nitrogens with zero attached hydrogens (tertiary/aromatic N) is 1. The van der Waals surface area contributed by atoms with E-state index >= 15 is 0 Å². The maximum absolute atomic E-state index is 13.1. The number of carboxylic acids is 1. The van der Waals surface area contributed by atoms with Gasteiger partial charge in [0.2, 0.25) is 11.8 Å². The van der Waals surface area contributed by atoms with Gasteiger partial charge in [0.25, 0.3) is 0 Å². The monoisotopic (exact) mass is 358 g/mol. The Kier molecular flexibility index (Phi) is 5.59. The Morgan fingerprint density at radius 1 is 1.19 bits per heavy atom. The van der Waals surface area contributed by atoms with Gasteiger partial charge in [0, 0.05) is 13.0 Å². The largest absolute Gasteiger partial charge is 0.480 e. The van der Waals surface area contributed by atoms with Crippen LogP contribution in [0, 0.1) is 5.92 Å². The van der Waals surface area contributed by atoms with E-state index in [4.69, 9.17) is 0 Å². The Bertz CT molecular complexity index is 676. The molecule has 6 nitrogen and oxygen atoms in total. The summed E-state index contributed by atoms with van der Waals surface area (Å²) in [6, 6.07) is 8.17. The van der Waals surface area contributed by atoms with Crippen LogP contribution in [-0.4, -0.2) is 39.9 Å². The van der Waals surface area contributed by atoms with Crippen LogP contribution >= 0.6 is 0 Å². The van der Waals surface area contributed by atoms with E-state index < -0.39 is 18.1 Å². The SMILES string of the molecule is CC(=O)N[C@H](CC(=O)N1[C@H](C(=O)O)C[C@H]2CCCC[C@@H]21)c1ccccc1. The molecule has 0 radical (unpaired) electrons. The van der Waals surface area contributed by atoms with E-state index in [1.54, 1.807) is 4.90 Å². The topological polar surface area (TPSA) is 86.7 Å². The average molecular weight is 358 g/mol. The van der Waals surface area contributed by atoms with Crippen molar-refractivity contribution in [3.63, 3.8) is 0 Å². The average Bonchev–Trinajstić information content (AvgIpc) is 3.01. The van der Waals surface area contributed by atoms with Crippen molar-refractivity contribution in [2.24, 2.45) is 5.92 Å². The summed E-state index contributed by atoms with van der Waals surface area (Å²) < 4.78 is 0. The van der Waals surface area contributed by atoms with Gasteiger partial charge in [0.15, 0.2) is 0 Å². The summed E-state index contributed by atoms with van der Waals surface area (Å²) in [6.07, 6.45) is 4.63. The van der Waals surface area contributed by atoms with Crippen molar-refractivity contribution in [1.29, 1.82) is 0 Å². The van der Waals surface area contributed by atoms with E-state index in [1.165, 1.54) is 6.92 Å². The van der Waals surface area contributed by atoms with Crippen molar-refractivity contribution in [3.8, 4) is 0 Å². The first-order chi connectivity index (χ1) is 12.5. The summed E-state index contributed by atoms with van der Waals surface area (Å²) in [5.74, 6) is -1.04. The lowest BCUT2D eigenvalue weighted by Gasteiger charge is -2.34. The predicted octanol–water partition coefficient (Wildman–Crippen LogP) is 2.50. The van der Waals surface area contributed by atoms with Gasteiger partial charge in [0.1, 0.15) is 6.04 Å². The number of hydrogen-bond acceptors (Lipinski definition) is 3. The molecule has 26 heavy (non-hydrogen) atoms. The molecule has 0 bridgehead atoms. The highest BCUT2D eigenvalue weighted by Crippen LogP contribution is 2.40. The standard InChI is InChI=1S/C20H26N2O4/c1-13(23)21-16(14-7-3-2-4-8-14)12-19(24)22-17-10-6-5-9-15(17)11-18(22)20(25)26/h2-4,7-8,15-18H,5-6,9-12H2,1H3,(H,21,23)(H,25,26)/t15-,16-,17+,18+/m1/s1. The number of benzene rings is 1. The Morgan fingerprint density at radius 2 is 1.88 bits per heavy atom. The highest BCUT2D eigenvalue weighted by atomic mass is 16.4. The highest BCUT2D eigenvalue weighted by molar-refractivity contribution is 5.85. The van der Waals surface area contributed by atoms with Crippen molar-refractivity contribution in [1.82, 2.24) is 10.2 Å². The van der Waals surface area contributed by atoms with E-state index in [1.807, 2.05) is 30.3 Å². The Morgan fingerprint density at radius 3 is 2.54 bits per heavy atom. The molecule has 1 aliphatic heterocycles. The molecule has 2 amide bonds. The quantitative estimate of drug-likeness (QED) is 0.847. The minimum absolute atomic E-state index is 0.0195. The molecule has 0 aromatic heterocycles. The van der Waals surface area contributed by atoms with Crippen molar-refractivity contribution < 1.29 is 19.5 Å². The summed E-state index contributed by atoms with van der Waals surface area (Å²) in [4.78, 5) is 38.0. The Hall–Kier alpha value is -2.37. The molecule has 6 heteroatoms. The van der Waals surface area contributed by atoms with E-state index in [9.17, 15) is 19.5 Å². The van der Waals surface area contributed by atoms with Crippen LogP contribution in [0.5, 0.6) is 0 Å². The summed E-state index contributed by atoms with van der Waals surface area (Å²) >= 11 is 0. The van der Waals surface area contributed by atoms with Crippen LogP contribution < -0.4 is 5.32 Å². The molecule has 1 aromatic carbocycles. The van der Waals surface area contributed by atoms with Gasteiger partial charge in [-0.3, -0.25) is 9.59 Å². The number of amides is 2. The number of fused-ring (bicyclic) bond motifs is 1. The fourth-order valence-electron chi connectivity index (χ4n) is 4.50. The molecule has 1 saturated heterocycles. The second kappa shape index (κ2) is 7.89. The Labute approximate surface area is 153 Å². The zero-order chi connectivity index (χ0) is 18.7. The molecular formula is C20H26N2O4. The number of carboxylic acid groups (broad SMARTS) is 1. The van der Waals surface area contributed by atoms with E-state index in [2.05, 4.69) is 5.32 Å². The predicted molar refractivity (Wildman–Crippen MR) is 96.2 cm³/mol. The van der Waals surface area contributed by atoms with Gasteiger partial charge in [-0.15, -0.1) is 0 Å². The molecule has 1 heterocycles. The first-order valence-electron chi connectivity index (χ1n) is 9.33. The van der Waals surface area contributed by atoms with Crippen LogP contribution in [0.15, 0.2) is 30.3 Å². The number of hydrogen-bond donors (Lipinski definition) is 2. The molecule has 0 spiro atoms. The van der Waals surface area contributed by atoms with Gasteiger partial charge >= 0.3 is 5.97 Å². The summed E-state index contributed by atoms with van der Waals surface area (Å²) in [7, 11) is 0. The van der Waals surface area contributed by atoms with E-state index in [0.717, 1.165) is 31.2 Å². The zero-order valence-corrected chi connectivity index (χ0v) is 15.1. The van der Waals surface area contributed by atoms with Crippen molar-refractivity contribution in [3.05, 3.63) is 35.9 Å². The second-order valence-corrected chi connectivity index (χ2v) is 7.37. The van der Waals surface area contributed by atoms with Crippen molar-refractivity contribution in [2.75, 3.05) is 0 Å². The maximum atomic E-state index is 13.1. The molecule has 140 valence electrons. The van der Waals surface area contributed by atoms with Crippen LogP contribution in [0.25, 0.3) is 0 Å². The molecule has 3 rings (SSSR count). The fraction of sp³-hybridized carbons (Fsp3) is 0.550. The molecule has 1 aromatic rings. The minimum Gasteiger partial charge on any atom is -0.480 e. The third kappa shape index (κ3) is 3.89. The lowest BCUT2D eigenvalue weighted by atomic mass is 9.84. The minimum atomic E-state index is -0.927. The number of carbonyl (C=O) groups excluding carboxylic acids is 2. The molecule has 2 N–H and O–H groups in total. The molecular weight excluding hydrogens is 332 g/mol. The van der Waals surface area contributed by atoms with Crippen molar-refractivity contribution >= 4 is 17.8 Å². The third-order valence-corrected chi connectivity index (χ3v) is 5.62. The molecule has 4 atom stereocenters. The van der Waals surface area contributed by atoms with Gasteiger partial charge in [-0.1, -0.05) is 43.2 Å². The highest BCUT2D eigenvalue weighted by Gasteiger charge is 2.47. The van der Waals surface area contributed by atoms with Crippen LogP contribution in [0.4, 0.5) is 0 Å². The molecule has 1 saturated carbocycles. The fourth-order valence-corrected chi connectivity index (χ4v) is 4.50. The number of likely N-dealkylation sites (tertiary alicyclic amines) is 1. The van der Waals surface area contributed by atoms with Crippen LogP contribution in [0.1, 0.15) is 57.1 Å². The smallest absolute Gasteiger partial charge is 0.326 e. The van der Waals surface area contributed by atoms with E-state index in [-0.39, 0.29) is 30.2 Å². The zero-order valence-electron chi connectivity index (χ0n) is 15.1. The van der Waals surface area contributed by atoms with Crippen LogP contribution in [-0.2, 0) is 14.4 Å². The molecule has 1 aliphatic carbocycles. The second-order valence-electron chi connectivity index (χ2n) is 7.37. The summed E-state index contributed by atoms with van der Waals surface area (Å²) in [6.45, 7) is 1.42. The third-order valence-electron chi connectivity index (χ3n) is 5.62. The van der Waals surface area contributed by atoms with Gasteiger partial charge < -0.3 is 15.3 Å². The summed E-state index contributed by atoms with van der Waals surface area (Å²) in [5, 5.41) is 12.4.